The van der Waals surface area contributed by atoms with Gasteiger partial charge in [-0.3, -0.25) is 4.79 Å². The molecule has 1 fully saturated rings. The summed E-state index contributed by atoms with van der Waals surface area (Å²) >= 11 is 7.61. The predicted octanol–water partition coefficient (Wildman–Crippen LogP) is 4.46. The summed E-state index contributed by atoms with van der Waals surface area (Å²) < 4.78 is 0. The van der Waals surface area contributed by atoms with Crippen molar-refractivity contribution in [3.63, 3.8) is 0 Å². The molecule has 0 spiro atoms. The smallest absolute Gasteiger partial charge is 0.264 e. The van der Waals surface area contributed by atoms with Crippen LogP contribution in [0, 0.1) is 6.92 Å². The van der Waals surface area contributed by atoms with Crippen molar-refractivity contribution in [1.82, 2.24) is 14.9 Å². The molecule has 3 heterocycles. The van der Waals surface area contributed by atoms with E-state index in [9.17, 15) is 4.79 Å². The maximum atomic E-state index is 13.3. The maximum absolute atomic E-state index is 13.3. The summed E-state index contributed by atoms with van der Waals surface area (Å²) in [4.78, 5) is 30.4. The Morgan fingerprint density at radius 2 is 1.90 bits per heavy atom. The van der Waals surface area contributed by atoms with E-state index in [1.54, 1.807) is 6.33 Å². The van der Waals surface area contributed by atoms with Crippen LogP contribution in [0.5, 0.6) is 0 Å². The number of aryl methyl sites for hydroxylation is 1. The average molecular weight is 444 g/mol. The molecule has 1 amide bonds. The van der Waals surface area contributed by atoms with Gasteiger partial charge in [0.2, 0.25) is 0 Å². The van der Waals surface area contributed by atoms with Crippen LogP contribution < -0.4 is 9.80 Å². The van der Waals surface area contributed by atoms with E-state index in [-0.39, 0.29) is 5.91 Å². The minimum absolute atomic E-state index is 0.0896. The number of fused-ring (bicyclic) bond motifs is 1. The molecule has 0 atom stereocenters. The van der Waals surface area contributed by atoms with Gasteiger partial charge in [-0.05, 0) is 44.5 Å². The molecule has 1 aromatic carbocycles. The quantitative estimate of drug-likeness (QED) is 0.582. The van der Waals surface area contributed by atoms with Crippen LogP contribution in [0.3, 0.4) is 0 Å². The van der Waals surface area contributed by atoms with E-state index in [1.165, 1.54) is 11.3 Å². The lowest BCUT2D eigenvalue weighted by atomic mass is 10.1. The summed E-state index contributed by atoms with van der Waals surface area (Å²) in [6.07, 6.45) is 1.60. The van der Waals surface area contributed by atoms with Gasteiger partial charge in [-0.1, -0.05) is 17.7 Å². The van der Waals surface area contributed by atoms with E-state index in [1.807, 2.05) is 30.0 Å². The number of nitrogens with zero attached hydrogens (tertiary/aromatic N) is 5. The van der Waals surface area contributed by atoms with Gasteiger partial charge in [-0.25, -0.2) is 9.97 Å². The summed E-state index contributed by atoms with van der Waals surface area (Å²) in [6, 6.07) is 7.88. The number of anilines is 2. The number of halogens is 1. The van der Waals surface area contributed by atoms with E-state index in [0.29, 0.717) is 13.1 Å². The first kappa shape index (κ1) is 20.9. The second kappa shape index (κ2) is 8.78. The highest BCUT2D eigenvalue weighted by Crippen LogP contribution is 2.35. The zero-order chi connectivity index (χ0) is 21.3. The van der Waals surface area contributed by atoms with Crippen molar-refractivity contribution < 1.29 is 4.79 Å². The van der Waals surface area contributed by atoms with Crippen LogP contribution in [0.15, 0.2) is 30.6 Å². The molecule has 0 unspecified atom stereocenters. The second-order valence-corrected chi connectivity index (χ2v) is 8.80. The van der Waals surface area contributed by atoms with E-state index in [2.05, 4.69) is 39.7 Å². The Morgan fingerprint density at radius 3 is 2.57 bits per heavy atom. The largest absolute Gasteiger partial charge is 0.368 e. The second-order valence-electron chi connectivity index (χ2n) is 7.37. The van der Waals surface area contributed by atoms with Crippen LogP contribution >= 0.6 is 22.9 Å². The number of rotatable bonds is 5. The molecule has 1 aliphatic heterocycles. The van der Waals surface area contributed by atoms with Gasteiger partial charge >= 0.3 is 0 Å². The molecule has 158 valence electrons. The fourth-order valence-electron chi connectivity index (χ4n) is 4.00. The first-order chi connectivity index (χ1) is 14.5. The molecule has 3 aromatic rings. The van der Waals surface area contributed by atoms with E-state index in [0.717, 1.165) is 63.4 Å². The molecule has 30 heavy (non-hydrogen) atoms. The molecule has 2 aromatic heterocycles. The Kier molecular flexibility index (Phi) is 6.11. The van der Waals surface area contributed by atoms with Gasteiger partial charge in [0, 0.05) is 50.0 Å². The minimum atomic E-state index is 0.0896. The molecular formula is C22H26ClN5OS. The molecule has 0 radical (unpaired) electrons. The molecule has 6 nitrogen and oxygen atoms in total. The number of carbonyl (C=O) groups excluding carboxylic acids is 1. The van der Waals surface area contributed by atoms with Crippen molar-refractivity contribution in [2.24, 2.45) is 0 Å². The van der Waals surface area contributed by atoms with Gasteiger partial charge in [-0.2, -0.15) is 0 Å². The van der Waals surface area contributed by atoms with E-state index in [4.69, 9.17) is 11.6 Å². The van der Waals surface area contributed by atoms with Crippen molar-refractivity contribution in [2.75, 3.05) is 49.1 Å². The molecule has 8 heteroatoms. The lowest BCUT2D eigenvalue weighted by molar-refractivity contribution is 0.0751. The third kappa shape index (κ3) is 3.84. The van der Waals surface area contributed by atoms with Crippen molar-refractivity contribution in [2.45, 2.75) is 20.8 Å². The number of amides is 1. The lowest BCUT2D eigenvalue weighted by Crippen LogP contribution is -2.48. The van der Waals surface area contributed by atoms with Crippen molar-refractivity contribution >= 4 is 50.6 Å². The van der Waals surface area contributed by atoms with Crippen LogP contribution in [-0.2, 0) is 0 Å². The van der Waals surface area contributed by atoms with Gasteiger partial charge < -0.3 is 14.7 Å². The summed E-state index contributed by atoms with van der Waals surface area (Å²) in [6.45, 7) is 10.9. The number of carbonyl (C=O) groups is 1. The van der Waals surface area contributed by atoms with Crippen molar-refractivity contribution in [3.8, 4) is 0 Å². The Hall–Kier alpha value is -2.38. The standard InChI is InChI=1S/C22H26ClN5OS/c1-4-26(5-2)20-18-15(3)19(30-21(18)25-14-24-20)22(29)28-11-9-27(10-12-28)17-8-6-7-16(23)13-17/h6-8,13-14H,4-5,9-12H2,1-3H3. The Morgan fingerprint density at radius 1 is 1.17 bits per heavy atom. The van der Waals surface area contributed by atoms with Crippen LogP contribution in [0.1, 0.15) is 29.1 Å². The average Bonchev–Trinajstić information content (AvgIpc) is 3.11. The molecule has 1 saturated heterocycles. The molecule has 0 saturated carbocycles. The molecule has 1 aliphatic rings. The number of thiophene rings is 1. The van der Waals surface area contributed by atoms with Gasteiger partial charge in [0.25, 0.3) is 5.91 Å². The number of piperazine rings is 1. The zero-order valence-corrected chi connectivity index (χ0v) is 19.1. The number of benzene rings is 1. The maximum Gasteiger partial charge on any atom is 0.264 e. The number of hydrogen-bond donors (Lipinski definition) is 0. The van der Waals surface area contributed by atoms with Gasteiger partial charge in [0.1, 0.15) is 17.0 Å². The van der Waals surface area contributed by atoms with E-state index < -0.39 is 0 Å². The van der Waals surface area contributed by atoms with Crippen molar-refractivity contribution in [3.05, 3.63) is 46.1 Å². The number of hydrogen-bond acceptors (Lipinski definition) is 6. The summed E-state index contributed by atoms with van der Waals surface area (Å²) in [5.41, 5.74) is 2.09. The monoisotopic (exact) mass is 443 g/mol. The third-order valence-electron chi connectivity index (χ3n) is 5.70. The Labute approximate surface area is 186 Å². The van der Waals surface area contributed by atoms with Crippen LogP contribution in [0.25, 0.3) is 10.2 Å². The molecule has 4 rings (SSSR count). The first-order valence-corrected chi connectivity index (χ1v) is 11.5. The predicted molar refractivity (Wildman–Crippen MR) is 125 cm³/mol. The summed E-state index contributed by atoms with van der Waals surface area (Å²) in [7, 11) is 0. The molecular weight excluding hydrogens is 418 g/mol. The topological polar surface area (TPSA) is 52.6 Å². The highest BCUT2D eigenvalue weighted by atomic mass is 35.5. The molecule has 0 bridgehead atoms. The van der Waals surface area contributed by atoms with Crippen LogP contribution in [0.2, 0.25) is 5.02 Å². The Balaban J connectivity index is 1.56. The molecule has 0 N–H and O–H groups in total. The third-order valence-corrected chi connectivity index (χ3v) is 7.13. The Bertz CT molecular complexity index is 1060. The van der Waals surface area contributed by atoms with Crippen LogP contribution in [-0.4, -0.2) is 60.0 Å². The fraction of sp³-hybridized carbons (Fsp3) is 0.409. The molecule has 0 aliphatic carbocycles. The normalized spacial score (nSPS) is 14.4. The fourth-order valence-corrected chi connectivity index (χ4v) is 5.30. The van der Waals surface area contributed by atoms with Gasteiger partial charge in [0.15, 0.2) is 0 Å². The zero-order valence-electron chi connectivity index (χ0n) is 17.6. The van der Waals surface area contributed by atoms with Crippen LogP contribution in [0.4, 0.5) is 11.5 Å². The summed E-state index contributed by atoms with van der Waals surface area (Å²) in [5, 5.41) is 1.74. The van der Waals surface area contributed by atoms with E-state index >= 15 is 0 Å². The highest BCUT2D eigenvalue weighted by molar-refractivity contribution is 7.20. The minimum Gasteiger partial charge on any atom is -0.368 e. The van der Waals surface area contributed by atoms with Gasteiger partial charge in [0.05, 0.1) is 10.3 Å². The SMILES string of the molecule is CCN(CC)c1ncnc2sc(C(=O)N3CCN(c4cccc(Cl)c4)CC3)c(C)c12. The number of aromatic nitrogens is 2. The highest BCUT2D eigenvalue weighted by Gasteiger charge is 2.27. The van der Waals surface area contributed by atoms with Crippen molar-refractivity contribution in [1.29, 1.82) is 0 Å². The first-order valence-electron chi connectivity index (χ1n) is 10.3. The van der Waals surface area contributed by atoms with Gasteiger partial charge in [-0.15, -0.1) is 11.3 Å². The lowest BCUT2D eigenvalue weighted by Gasteiger charge is -2.36. The summed E-state index contributed by atoms with van der Waals surface area (Å²) in [5.74, 6) is 1.01.